The summed E-state index contributed by atoms with van der Waals surface area (Å²) in [5, 5.41) is 21.3. The van der Waals surface area contributed by atoms with Gasteiger partial charge in [0.05, 0.1) is 23.7 Å². The number of hydrogen-bond acceptors (Lipinski definition) is 4. The van der Waals surface area contributed by atoms with Crippen molar-refractivity contribution in [2.24, 2.45) is 17.0 Å². The molecule has 200 valence electrons. The lowest BCUT2D eigenvalue weighted by Gasteiger charge is -2.13. The van der Waals surface area contributed by atoms with Gasteiger partial charge in [0.25, 0.3) is 0 Å². The number of benzene rings is 2. The van der Waals surface area contributed by atoms with Gasteiger partial charge in [0.2, 0.25) is 0 Å². The third-order valence-corrected chi connectivity index (χ3v) is 5.86. The third kappa shape index (κ3) is 12.0. The number of halogens is 3. The topological polar surface area (TPSA) is 73.5 Å². The van der Waals surface area contributed by atoms with Gasteiger partial charge in [-0.1, -0.05) is 64.0 Å². The lowest BCUT2D eigenvalue weighted by Crippen LogP contribution is -2.07. The van der Waals surface area contributed by atoms with Gasteiger partial charge in [0.15, 0.2) is 0 Å². The standard InChI is InChI=1S/C20H16F3NO.C10H21NO/c1-2-3-4-17-11-14(13-24)5-6-15(17)7-8-16-9-10-18(25)12-19(16)20(21,22)23;1-4-5-10(8-11-12)7-6-9(2)3/h5-6,9-12,25H,2-4H2,1H3;9-10H,4-8H2,1-3H3. The number of nitroso groups, excluding NO2 is 1. The van der Waals surface area contributed by atoms with Crippen molar-refractivity contribution in [1.82, 2.24) is 0 Å². The van der Waals surface area contributed by atoms with Crippen LogP contribution in [0.1, 0.15) is 94.0 Å². The molecule has 0 fully saturated rings. The molecule has 0 saturated carbocycles. The molecule has 0 aliphatic rings. The van der Waals surface area contributed by atoms with Crippen LogP contribution in [0.2, 0.25) is 0 Å². The van der Waals surface area contributed by atoms with E-state index in [1.807, 2.05) is 6.92 Å². The average molecular weight is 515 g/mol. The first kappa shape index (κ1) is 31.7. The highest BCUT2D eigenvalue weighted by Gasteiger charge is 2.33. The number of rotatable bonds is 10. The van der Waals surface area contributed by atoms with Crippen LogP contribution in [-0.4, -0.2) is 11.7 Å². The smallest absolute Gasteiger partial charge is 0.417 e. The summed E-state index contributed by atoms with van der Waals surface area (Å²) < 4.78 is 39.3. The van der Waals surface area contributed by atoms with Gasteiger partial charge in [0, 0.05) is 11.1 Å². The van der Waals surface area contributed by atoms with Crippen molar-refractivity contribution >= 4 is 0 Å². The molecule has 0 bridgehead atoms. The number of aromatic hydroxyl groups is 1. The summed E-state index contributed by atoms with van der Waals surface area (Å²) in [6.45, 7) is 9.15. The maximum atomic E-state index is 13.1. The van der Waals surface area contributed by atoms with Crippen LogP contribution in [-0.2, 0) is 12.6 Å². The second-order valence-electron chi connectivity index (χ2n) is 9.50. The number of unbranched alkanes of at least 4 members (excludes halogenated alkanes) is 1. The average Bonchev–Trinajstić information content (AvgIpc) is 2.85. The molecule has 0 heterocycles. The van der Waals surface area contributed by atoms with E-state index in [2.05, 4.69) is 43.9 Å². The first-order chi connectivity index (χ1) is 17.5. The van der Waals surface area contributed by atoms with Crippen molar-refractivity contribution in [3.63, 3.8) is 0 Å². The molecule has 0 aromatic heterocycles. The molecule has 1 atom stereocenters. The Kier molecular flexibility index (Phi) is 14.1. The van der Waals surface area contributed by atoms with Crippen LogP contribution in [0.15, 0.2) is 41.6 Å². The molecule has 0 saturated heterocycles. The summed E-state index contributed by atoms with van der Waals surface area (Å²) in [7, 11) is 0. The van der Waals surface area contributed by atoms with Gasteiger partial charge < -0.3 is 5.11 Å². The van der Waals surface area contributed by atoms with Gasteiger partial charge in [-0.05, 0) is 79.5 Å². The van der Waals surface area contributed by atoms with Gasteiger partial charge in [-0.3, -0.25) is 0 Å². The molecule has 4 nitrogen and oxygen atoms in total. The Labute approximate surface area is 218 Å². The van der Waals surface area contributed by atoms with Crippen molar-refractivity contribution in [3.8, 4) is 23.7 Å². The minimum absolute atomic E-state index is 0.198. The summed E-state index contributed by atoms with van der Waals surface area (Å²) in [5.74, 6) is 6.16. The first-order valence-electron chi connectivity index (χ1n) is 12.8. The third-order valence-electron chi connectivity index (χ3n) is 5.86. The summed E-state index contributed by atoms with van der Waals surface area (Å²) in [4.78, 5) is 10.1. The first-order valence-corrected chi connectivity index (χ1v) is 12.8. The fourth-order valence-corrected chi connectivity index (χ4v) is 3.78. The van der Waals surface area contributed by atoms with Gasteiger partial charge >= 0.3 is 6.18 Å². The van der Waals surface area contributed by atoms with Crippen LogP contribution >= 0.6 is 0 Å². The number of alkyl halides is 3. The zero-order valence-corrected chi connectivity index (χ0v) is 22.2. The minimum Gasteiger partial charge on any atom is -0.508 e. The Bertz CT molecular complexity index is 1090. The van der Waals surface area contributed by atoms with E-state index >= 15 is 0 Å². The Morgan fingerprint density at radius 2 is 1.65 bits per heavy atom. The normalized spacial score (nSPS) is 11.5. The van der Waals surface area contributed by atoms with Crippen molar-refractivity contribution in [2.45, 2.75) is 78.8 Å². The second-order valence-corrected chi connectivity index (χ2v) is 9.50. The monoisotopic (exact) mass is 514 g/mol. The molecule has 0 aliphatic carbocycles. The Morgan fingerprint density at radius 3 is 2.22 bits per heavy atom. The lowest BCUT2D eigenvalue weighted by atomic mass is 9.94. The molecule has 0 spiro atoms. The number of nitrogens with zero attached hydrogens (tertiary/aromatic N) is 2. The van der Waals surface area contributed by atoms with E-state index in [1.54, 1.807) is 18.2 Å². The molecule has 0 radical (unpaired) electrons. The van der Waals surface area contributed by atoms with Crippen molar-refractivity contribution in [1.29, 1.82) is 5.26 Å². The molecular weight excluding hydrogens is 477 g/mol. The van der Waals surface area contributed by atoms with Crippen LogP contribution in [0.3, 0.4) is 0 Å². The van der Waals surface area contributed by atoms with E-state index in [1.165, 1.54) is 12.5 Å². The van der Waals surface area contributed by atoms with E-state index in [0.717, 1.165) is 49.7 Å². The van der Waals surface area contributed by atoms with Crippen LogP contribution in [0.25, 0.3) is 0 Å². The van der Waals surface area contributed by atoms with E-state index in [9.17, 15) is 23.2 Å². The maximum Gasteiger partial charge on any atom is 0.417 e. The fourth-order valence-electron chi connectivity index (χ4n) is 3.78. The summed E-state index contributed by atoms with van der Waals surface area (Å²) >= 11 is 0. The molecule has 0 aliphatic heterocycles. The molecule has 2 aromatic rings. The number of phenolic OH excluding ortho intramolecular Hbond substituents is 1. The van der Waals surface area contributed by atoms with E-state index in [-0.39, 0.29) is 5.56 Å². The van der Waals surface area contributed by atoms with Gasteiger partial charge in [-0.2, -0.15) is 23.3 Å². The highest BCUT2D eigenvalue weighted by Crippen LogP contribution is 2.33. The highest BCUT2D eigenvalue weighted by molar-refractivity contribution is 5.53. The van der Waals surface area contributed by atoms with Crippen LogP contribution in [0.4, 0.5) is 13.2 Å². The molecular formula is C30H37F3N2O2. The molecule has 7 heteroatoms. The Hall–Kier alpha value is -3.32. The predicted octanol–water partition coefficient (Wildman–Crippen LogP) is 8.63. The van der Waals surface area contributed by atoms with Gasteiger partial charge in [-0.15, -0.1) is 0 Å². The molecule has 0 amide bonds. The largest absolute Gasteiger partial charge is 0.508 e. The maximum absolute atomic E-state index is 13.1. The molecule has 1 N–H and O–H groups in total. The zero-order valence-electron chi connectivity index (χ0n) is 22.2. The zero-order chi connectivity index (χ0) is 27.8. The van der Waals surface area contributed by atoms with Crippen molar-refractivity contribution in [3.05, 3.63) is 69.1 Å². The van der Waals surface area contributed by atoms with Gasteiger partial charge in [-0.25, -0.2) is 0 Å². The summed E-state index contributed by atoms with van der Waals surface area (Å²) in [6, 6.07) is 10.0. The molecule has 2 rings (SSSR count). The van der Waals surface area contributed by atoms with Crippen molar-refractivity contribution < 1.29 is 18.3 Å². The lowest BCUT2D eigenvalue weighted by molar-refractivity contribution is -0.137. The number of aryl methyl sites for hydroxylation is 1. The molecule has 2 aromatic carbocycles. The van der Waals surface area contributed by atoms with E-state index in [0.29, 0.717) is 36.1 Å². The second kappa shape index (κ2) is 16.4. The number of nitriles is 1. The van der Waals surface area contributed by atoms with Crippen LogP contribution in [0.5, 0.6) is 5.75 Å². The Morgan fingerprint density at radius 1 is 0.973 bits per heavy atom. The highest BCUT2D eigenvalue weighted by atomic mass is 19.4. The van der Waals surface area contributed by atoms with E-state index < -0.39 is 17.5 Å². The minimum atomic E-state index is -4.60. The fraction of sp³-hybridized carbons (Fsp3) is 0.500. The van der Waals surface area contributed by atoms with Gasteiger partial charge in [0.1, 0.15) is 5.75 Å². The van der Waals surface area contributed by atoms with Crippen LogP contribution < -0.4 is 0 Å². The van der Waals surface area contributed by atoms with Crippen molar-refractivity contribution in [2.75, 3.05) is 6.54 Å². The molecule has 1 unspecified atom stereocenters. The SMILES string of the molecule is CCCC(CCC(C)C)CN=O.CCCCc1cc(C#N)ccc1C#Cc1ccc(O)cc1C(F)(F)F. The summed E-state index contributed by atoms with van der Waals surface area (Å²) in [5.41, 5.74) is 0.784. The van der Waals surface area contributed by atoms with E-state index in [4.69, 9.17) is 5.26 Å². The summed E-state index contributed by atoms with van der Waals surface area (Å²) in [6.07, 6.45) is 2.67. The number of hydrogen-bond donors (Lipinski definition) is 1. The quantitative estimate of drug-likeness (QED) is 0.255. The number of phenols is 1. The molecule has 37 heavy (non-hydrogen) atoms. The van der Waals surface area contributed by atoms with Crippen LogP contribution in [0, 0.1) is 39.9 Å². The predicted molar refractivity (Wildman–Crippen MR) is 142 cm³/mol. The Balaban J connectivity index is 0.000000482.